The van der Waals surface area contributed by atoms with Crippen molar-refractivity contribution in [1.82, 2.24) is 5.32 Å². The molecule has 1 unspecified atom stereocenters. The summed E-state index contributed by atoms with van der Waals surface area (Å²) in [7, 11) is 0. The van der Waals surface area contributed by atoms with Gasteiger partial charge in [0.2, 0.25) is 12.3 Å². The summed E-state index contributed by atoms with van der Waals surface area (Å²) >= 11 is 0. The van der Waals surface area contributed by atoms with Crippen LogP contribution < -0.4 is 10.6 Å². The van der Waals surface area contributed by atoms with E-state index in [1.165, 1.54) is 6.07 Å². The number of nitrogens with one attached hydrogen (secondary N) is 2. The molecule has 1 atom stereocenters. The zero-order valence-electron chi connectivity index (χ0n) is 11.2. The summed E-state index contributed by atoms with van der Waals surface area (Å²) in [5.74, 6) is -0.533. The molecule has 0 fully saturated rings. The van der Waals surface area contributed by atoms with Crippen LogP contribution >= 0.6 is 0 Å². The SMILES string of the molecule is CCc1ccc(NC(C)CCC(=O)NC=O)cc1F. The molecule has 0 aliphatic rings. The lowest BCUT2D eigenvalue weighted by atomic mass is 10.1. The first-order valence-electron chi connectivity index (χ1n) is 6.34. The molecule has 5 heteroatoms. The Bertz CT molecular complexity index is 449. The second-order valence-corrected chi connectivity index (χ2v) is 4.43. The number of imide groups is 1. The highest BCUT2D eigenvalue weighted by Crippen LogP contribution is 2.16. The van der Waals surface area contributed by atoms with Gasteiger partial charge in [-0.1, -0.05) is 13.0 Å². The first-order chi connectivity index (χ1) is 9.06. The van der Waals surface area contributed by atoms with Gasteiger partial charge in [0.1, 0.15) is 5.82 Å². The van der Waals surface area contributed by atoms with E-state index < -0.39 is 0 Å². The monoisotopic (exact) mass is 266 g/mol. The van der Waals surface area contributed by atoms with Gasteiger partial charge in [-0.3, -0.25) is 14.9 Å². The van der Waals surface area contributed by atoms with Gasteiger partial charge in [-0.2, -0.15) is 0 Å². The number of aryl methyl sites for hydroxylation is 1. The van der Waals surface area contributed by atoms with Gasteiger partial charge < -0.3 is 5.32 Å². The maximum Gasteiger partial charge on any atom is 0.226 e. The molecule has 0 aromatic heterocycles. The van der Waals surface area contributed by atoms with Crippen molar-refractivity contribution >= 4 is 18.0 Å². The number of carbonyl (C=O) groups is 2. The zero-order chi connectivity index (χ0) is 14.3. The summed E-state index contributed by atoms with van der Waals surface area (Å²) in [6, 6.07) is 5.05. The zero-order valence-corrected chi connectivity index (χ0v) is 11.2. The van der Waals surface area contributed by atoms with E-state index in [9.17, 15) is 14.0 Å². The van der Waals surface area contributed by atoms with Crippen LogP contribution in [0.5, 0.6) is 0 Å². The Kier molecular flexibility index (Phi) is 5.99. The second-order valence-electron chi connectivity index (χ2n) is 4.43. The van der Waals surface area contributed by atoms with Crippen molar-refractivity contribution < 1.29 is 14.0 Å². The van der Waals surface area contributed by atoms with Gasteiger partial charge in [0.25, 0.3) is 0 Å². The summed E-state index contributed by atoms with van der Waals surface area (Å²) in [6.45, 7) is 3.81. The normalized spacial score (nSPS) is 11.7. The van der Waals surface area contributed by atoms with Crippen molar-refractivity contribution in [3.05, 3.63) is 29.6 Å². The van der Waals surface area contributed by atoms with E-state index in [1.54, 1.807) is 6.07 Å². The van der Waals surface area contributed by atoms with E-state index in [0.29, 0.717) is 30.5 Å². The van der Waals surface area contributed by atoms with Crippen LogP contribution in [0.25, 0.3) is 0 Å². The molecule has 1 aromatic rings. The number of anilines is 1. The quantitative estimate of drug-likeness (QED) is 0.744. The molecule has 19 heavy (non-hydrogen) atoms. The van der Waals surface area contributed by atoms with Crippen molar-refractivity contribution in [2.24, 2.45) is 0 Å². The van der Waals surface area contributed by atoms with Gasteiger partial charge in [0.05, 0.1) is 0 Å². The van der Waals surface area contributed by atoms with Crippen LogP contribution in [-0.4, -0.2) is 18.4 Å². The number of hydrogen-bond donors (Lipinski definition) is 2. The molecule has 0 saturated heterocycles. The average Bonchev–Trinajstić information content (AvgIpc) is 2.37. The number of halogens is 1. The van der Waals surface area contributed by atoms with Crippen LogP contribution in [0.3, 0.4) is 0 Å². The Morgan fingerprint density at radius 3 is 2.79 bits per heavy atom. The number of benzene rings is 1. The molecule has 2 N–H and O–H groups in total. The highest BCUT2D eigenvalue weighted by atomic mass is 19.1. The maximum absolute atomic E-state index is 13.6. The largest absolute Gasteiger partial charge is 0.382 e. The number of hydrogen-bond acceptors (Lipinski definition) is 3. The third-order valence-corrected chi connectivity index (χ3v) is 2.87. The van der Waals surface area contributed by atoms with Crippen LogP contribution in [0.15, 0.2) is 18.2 Å². The molecule has 1 rings (SSSR count). The van der Waals surface area contributed by atoms with Crippen molar-refractivity contribution in [1.29, 1.82) is 0 Å². The molecule has 0 heterocycles. The summed E-state index contributed by atoms with van der Waals surface area (Å²) in [5.41, 5.74) is 1.38. The third kappa shape index (κ3) is 5.07. The highest BCUT2D eigenvalue weighted by Gasteiger charge is 2.07. The molecular weight excluding hydrogens is 247 g/mol. The fraction of sp³-hybridized carbons (Fsp3) is 0.429. The molecule has 104 valence electrons. The van der Waals surface area contributed by atoms with Gasteiger partial charge in [0, 0.05) is 18.2 Å². The van der Waals surface area contributed by atoms with Crippen molar-refractivity contribution in [3.63, 3.8) is 0 Å². The highest BCUT2D eigenvalue weighted by molar-refractivity contribution is 5.85. The van der Waals surface area contributed by atoms with E-state index in [2.05, 4.69) is 10.6 Å². The average molecular weight is 266 g/mol. The van der Waals surface area contributed by atoms with Gasteiger partial charge in [-0.25, -0.2) is 4.39 Å². The van der Waals surface area contributed by atoms with Crippen LogP contribution in [0, 0.1) is 5.82 Å². The van der Waals surface area contributed by atoms with Crippen molar-refractivity contribution in [3.8, 4) is 0 Å². The summed E-state index contributed by atoms with van der Waals surface area (Å²) in [6.07, 6.45) is 1.85. The van der Waals surface area contributed by atoms with Gasteiger partial charge in [-0.15, -0.1) is 0 Å². The van der Waals surface area contributed by atoms with Crippen LogP contribution in [-0.2, 0) is 16.0 Å². The Balaban J connectivity index is 2.48. The van der Waals surface area contributed by atoms with Gasteiger partial charge >= 0.3 is 0 Å². The van der Waals surface area contributed by atoms with Crippen LogP contribution in [0.2, 0.25) is 0 Å². The molecule has 0 aliphatic carbocycles. The lowest BCUT2D eigenvalue weighted by Crippen LogP contribution is -2.24. The fourth-order valence-electron chi connectivity index (χ4n) is 1.77. The summed E-state index contributed by atoms with van der Waals surface area (Å²) in [4.78, 5) is 21.2. The first kappa shape index (κ1) is 15.1. The first-order valence-corrected chi connectivity index (χ1v) is 6.34. The number of rotatable bonds is 7. The Morgan fingerprint density at radius 2 is 2.21 bits per heavy atom. The van der Waals surface area contributed by atoms with Crippen LogP contribution in [0.4, 0.5) is 10.1 Å². The minimum Gasteiger partial charge on any atom is -0.382 e. The van der Waals surface area contributed by atoms with E-state index in [4.69, 9.17) is 0 Å². The smallest absolute Gasteiger partial charge is 0.226 e. The Morgan fingerprint density at radius 1 is 1.47 bits per heavy atom. The molecular formula is C14H19FN2O2. The summed E-state index contributed by atoms with van der Waals surface area (Å²) in [5, 5.41) is 5.20. The molecule has 0 spiro atoms. The van der Waals surface area contributed by atoms with E-state index in [0.717, 1.165) is 0 Å². The van der Waals surface area contributed by atoms with Gasteiger partial charge in [-0.05, 0) is 37.5 Å². The Labute approximate surface area is 112 Å². The summed E-state index contributed by atoms with van der Waals surface area (Å²) < 4.78 is 13.6. The van der Waals surface area contributed by atoms with E-state index in [1.807, 2.05) is 19.9 Å². The minimum absolute atomic E-state index is 0.0179. The molecule has 2 amide bonds. The lowest BCUT2D eigenvalue weighted by molar-refractivity contribution is -0.125. The predicted molar refractivity (Wildman–Crippen MR) is 72.3 cm³/mol. The van der Waals surface area contributed by atoms with E-state index >= 15 is 0 Å². The fourth-order valence-corrected chi connectivity index (χ4v) is 1.77. The van der Waals surface area contributed by atoms with E-state index in [-0.39, 0.29) is 24.2 Å². The van der Waals surface area contributed by atoms with Crippen molar-refractivity contribution in [2.75, 3.05) is 5.32 Å². The molecule has 1 aromatic carbocycles. The lowest BCUT2D eigenvalue weighted by Gasteiger charge is -2.15. The molecule has 0 aliphatic heterocycles. The number of carbonyl (C=O) groups excluding carboxylic acids is 2. The molecule has 0 saturated carbocycles. The minimum atomic E-state index is -0.309. The number of amides is 2. The topological polar surface area (TPSA) is 58.2 Å². The van der Waals surface area contributed by atoms with Crippen LogP contribution in [0.1, 0.15) is 32.3 Å². The molecule has 0 radical (unpaired) electrons. The van der Waals surface area contributed by atoms with Gasteiger partial charge in [0.15, 0.2) is 0 Å². The van der Waals surface area contributed by atoms with Crippen molar-refractivity contribution in [2.45, 2.75) is 39.2 Å². The predicted octanol–water partition coefficient (Wildman–Crippen LogP) is 2.24. The Hall–Kier alpha value is -1.91. The molecule has 0 bridgehead atoms. The maximum atomic E-state index is 13.6. The standard InChI is InChI=1S/C14H19FN2O2/c1-3-11-5-6-12(8-13(11)15)17-10(2)4-7-14(19)16-9-18/h5-6,8-10,17H,3-4,7H2,1-2H3,(H,16,18,19). The second kappa shape index (κ2) is 7.51. The molecule has 4 nitrogen and oxygen atoms in total. The third-order valence-electron chi connectivity index (χ3n) is 2.87.